The first-order chi connectivity index (χ1) is 16.8. The van der Waals surface area contributed by atoms with Crippen LogP contribution in [-0.4, -0.2) is 29.8 Å². The number of alkyl halides is 6. The highest BCUT2D eigenvalue weighted by Crippen LogP contribution is 2.42. The van der Waals surface area contributed by atoms with Gasteiger partial charge in [-0.3, -0.25) is 9.59 Å². The molecular weight excluding hydrogens is 547 g/mol. The van der Waals surface area contributed by atoms with E-state index < -0.39 is 59.6 Å². The third-order valence-electron chi connectivity index (χ3n) is 5.36. The summed E-state index contributed by atoms with van der Waals surface area (Å²) in [5, 5.41) is 2.26. The van der Waals surface area contributed by atoms with Crippen LogP contribution >= 0.6 is 23.2 Å². The van der Waals surface area contributed by atoms with E-state index in [1.54, 1.807) is 0 Å². The molecule has 12 heteroatoms. The van der Waals surface area contributed by atoms with Gasteiger partial charge in [-0.1, -0.05) is 48.3 Å². The van der Waals surface area contributed by atoms with Crippen molar-refractivity contribution < 1.29 is 40.7 Å². The zero-order chi connectivity index (χ0) is 28.3. The van der Waals surface area contributed by atoms with E-state index in [0.29, 0.717) is 0 Å². The normalized spacial score (nSPS) is 15.0. The predicted octanol–water partition coefficient (Wildman–Crippen LogP) is 8.29. The number of nitrogens with one attached hydrogen (secondary N) is 1. The minimum absolute atomic E-state index is 0.00269. The third-order valence-corrected chi connectivity index (χ3v) is 5.95. The third kappa shape index (κ3) is 8.81. The Kier molecular flexibility index (Phi) is 9.57. The van der Waals surface area contributed by atoms with Crippen molar-refractivity contribution in [2.75, 3.05) is 5.32 Å². The van der Waals surface area contributed by atoms with Gasteiger partial charge in [-0.25, -0.2) is 0 Å². The fraction of sp³-hybridized carbons (Fsp3) is 0.440. The Morgan fingerprint density at radius 3 is 1.92 bits per heavy atom. The molecule has 0 spiro atoms. The second-order valence-corrected chi connectivity index (χ2v) is 10.3. The van der Waals surface area contributed by atoms with E-state index in [1.807, 2.05) is 0 Å². The minimum atomic E-state index is -4.87. The standard InChI is InChI=1S/C25H25Cl2F6NO3/c1-13(24(28,29)30)21(14-5-8-16(26)9-6-14)22(36)34-19-11-15(7-10-18(19)27)17(25(31,32)33)12-20(35)37-23(2,3)4/h5-11,13,17,21H,12H2,1-4H3,(H,34,36)/t13-,17?,21+/m1/s1. The molecule has 4 nitrogen and oxygen atoms in total. The van der Waals surface area contributed by atoms with Gasteiger partial charge in [0, 0.05) is 5.02 Å². The van der Waals surface area contributed by atoms with Crippen molar-refractivity contribution in [2.24, 2.45) is 5.92 Å². The van der Waals surface area contributed by atoms with Crippen molar-refractivity contribution in [2.45, 2.75) is 63.9 Å². The summed E-state index contributed by atoms with van der Waals surface area (Å²) in [4.78, 5) is 25.2. The summed E-state index contributed by atoms with van der Waals surface area (Å²) >= 11 is 11.9. The highest BCUT2D eigenvalue weighted by Gasteiger charge is 2.46. The maximum Gasteiger partial charge on any atom is 0.396 e. The molecule has 2 aromatic rings. The van der Waals surface area contributed by atoms with Gasteiger partial charge in [-0.2, -0.15) is 26.3 Å². The number of hydrogen-bond donors (Lipinski definition) is 1. The maximum atomic E-state index is 13.8. The van der Waals surface area contributed by atoms with E-state index in [4.69, 9.17) is 27.9 Å². The van der Waals surface area contributed by atoms with Gasteiger partial charge in [0.05, 0.1) is 34.9 Å². The van der Waals surface area contributed by atoms with Crippen LogP contribution in [0.3, 0.4) is 0 Å². The average Bonchev–Trinajstić information content (AvgIpc) is 2.72. The average molecular weight is 572 g/mol. The second kappa shape index (κ2) is 11.5. The number of carbonyl (C=O) groups excluding carboxylic acids is 2. The lowest BCUT2D eigenvalue weighted by Crippen LogP contribution is -2.34. The summed E-state index contributed by atoms with van der Waals surface area (Å²) in [6.07, 6.45) is -10.7. The van der Waals surface area contributed by atoms with Crippen LogP contribution < -0.4 is 5.32 Å². The SMILES string of the molecule is C[C@H]([C@H](C(=O)Nc1cc(C(CC(=O)OC(C)(C)C)C(F)(F)F)ccc1Cl)c1ccc(Cl)cc1)C(F)(F)F. The van der Waals surface area contributed by atoms with Crippen molar-refractivity contribution in [3.8, 4) is 0 Å². The molecule has 0 saturated carbocycles. The molecule has 0 heterocycles. The van der Waals surface area contributed by atoms with E-state index in [2.05, 4.69) is 5.32 Å². The summed E-state index contributed by atoms with van der Waals surface area (Å²) in [6, 6.07) is 8.12. The van der Waals surface area contributed by atoms with Gasteiger partial charge in [-0.15, -0.1) is 0 Å². The summed E-state index contributed by atoms with van der Waals surface area (Å²) in [6.45, 7) is 5.32. The zero-order valence-corrected chi connectivity index (χ0v) is 21.7. The van der Waals surface area contributed by atoms with Crippen molar-refractivity contribution in [3.63, 3.8) is 0 Å². The molecule has 0 aliphatic heterocycles. The van der Waals surface area contributed by atoms with E-state index in [1.165, 1.54) is 45.0 Å². The Balaban J connectivity index is 2.43. The van der Waals surface area contributed by atoms with Gasteiger partial charge in [0.1, 0.15) is 5.60 Å². The van der Waals surface area contributed by atoms with Gasteiger partial charge in [0.15, 0.2) is 0 Å². The zero-order valence-electron chi connectivity index (χ0n) is 20.2. The lowest BCUT2D eigenvalue weighted by atomic mass is 9.85. The lowest BCUT2D eigenvalue weighted by Gasteiger charge is -2.27. The van der Waals surface area contributed by atoms with Gasteiger partial charge in [-0.05, 0) is 56.2 Å². The molecule has 3 atom stereocenters. The van der Waals surface area contributed by atoms with Crippen LogP contribution in [0, 0.1) is 5.92 Å². The van der Waals surface area contributed by atoms with Gasteiger partial charge < -0.3 is 10.1 Å². The largest absolute Gasteiger partial charge is 0.460 e. The maximum absolute atomic E-state index is 13.8. The molecule has 1 amide bonds. The Bertz CT molecular complexity index is 1110. The number of amides is 1. The molecule has 0 aliphatic rings. The molecule has 0 aromatic heterocycles. The molecule has 0 aliphatic carbocycles. The van der Waals surface area contributed by atoms with Gasteiger partial charge in [0.2, 0.25) is 5.91 Å². The number of hydrogen-bond acceptors (Lipinski definition) is 3. The van der Waals surface area contributed by atoms with Crippen LogP contribution in [0.15, 0.2) is 42.5 Å². The van der Waals surface area contributed by atoms with Crippen molar-refractivity contribution in [1.82, 2.24) is 0 Å². The number of anilines is 1. The fourth-order valence-corrected chi connectivity index (χ4v) is 3.86. The summed E-state index contributed by atoms with van der Waals surface area (Å²) < 4.78 is 87.3. The topological polar surface area (TPSA) is 55.4 Å². The van der Waals surface area contributed by atoms with E-state index in [9.17, 15) is 35.9 Å². The van der Waals surface area contributed by atoms with Crippen LogP contribution in [0.25, 0.3) is 0 Å². The monoisotopic (exact) mass is 571 g/mol. The van der Waals surface area contributed by atoms with Gasteiger partial charge >= 0.3 is 18.3 Å². The molecule has 37 heavy (non-hydrogen) atoms. The minimum Gasteiger partial charge on any atom is -0.460 e. The van der Waals surface area contributed by atoms with Crippen LogP contribution in [0.1, 0.15) is 57.1 Å². The van der Waals surface area contributed by atoms with Crippen LogP contribution in [0.5, 0.6) is 0 Å². The number of esters is 1. The van der Waals surface area contributed by atoms with Crippen LogP contribution in [0.2, 0.25) is 10.0 Å². The Morgan fingerprint density at radius 1 is 0.892 bits per heavy atom. The highest BCUT2D eigenvalue weighted by atomic mass is 35.5. The quantitative estimate of drug-likeness (QED) is 0.268. The molecule has 2 aromatic carbocycles. The van der Waals surface area contributed by atoms with Gasteiger partial charge in [0.25, 0.3) is 0 Å². The molecule has 0 radical (unpaired) electrons. The van der Waals surface area contributed by atoms with E-state index in [-0.39, 0.29) is 21.3 Å². The Morgan fingerprint density at radius 2 is 1.43 bits per heavy atom. The smallest absolute Gasteiger partial charge is 0.396 e. The number of ether oxygens (including phenoxy) is 1. The van der Waals surface area contributed by atoms with E-state index >= 15 is 0 Å². The lowest BCUT2D eigenvalue weighted by molar-refractivity contribution is -0.178. The van der Waals surface area contributed by atoms with E-state index in [0.717, 1.165) is 25.1 Å². The fourth-order valence-electron chi connectivity index (χ4n) is 3.56. The first-order valence-electron chi connectivity index (χ1n) is 11.0. The first kappa shape index (κ1) is 30.8. The Labute approximate surface area is 220 Å². The van der Waals surface area contributed by atoms with Crippen LogP contribution in [-0.2, 0) is 14.3 Å². The highest BCUT2D eigenvalue weighted by molar-refractivity contribution is 6.33. The number of halogens is 8. The molecule has 1 unspecified atom stereocenters. The number of carbonyl (C=O) groups is 2. The molecular formula is C25H25Cl2F6NO3. The van der Waals surface area contributed by atoms with Crippen LogP contribution in [0.4, 0.5) is 32.0 Å². The second-order valence-electron chi connectivity index (χ2n) is 9.47. The molecule has 2 rings (SSSR count). The molecule has 204 valence electrons. The molecule has 1 N–H and O–H groups in total. The van der Waals surface area contributed by atoms with Crippen molar-refractivity contribution in [1.29, 1.82) is 0 Å². The van der Waals surface area contributed by atoms with Crippen molar-refractivity contribution >= 4 is 40.8 Å². The summed E-state index contributed by atoms with van der Waals surface area (Å²) in [5.74, 6) is -8.45. The predicted molar refractivity (Wildman–Crippen MR) is 129 cm³/mol. The van der Waals surface area contributed by atoms with Crippen molar-refractivity contribution in [3.05, 3.63) is 63.6 Å². The molecule has 0 saturated heterocycles. The summed E-state index contributed by atoms with van der Waals surface area (Å²) in [5.41, 5.74) is -1.78. The summed E-state index contributed by atoms with van der Waals surface area (Å²) in [7, 11) is 0. The number of rotatable bonds is 7. The molecule has 0 bridgehead atoms. The Hall–Kier alpha value is -2.46. The number of benzene rings is 2. The molecule has 0 fully saturated rings. The first-order valence-corrected chi connectivity index (χ1v) is 11.8.